The number of carbonyl (C=O) groups excluding carboxylic acids is 1. The van der Waals surface area contributed by atoms with E-state index in [1.165, 1.54) is 26.2 Å². The molecule has 1 saturated carbocycles. The van der Waals surface area contributed by atoms with Crippen LogP contribution in [0.4, 0.5) is 18.9 Å². The van der Waals surface area contributed by atoms with Crippen molar-refractivity contribution in [1.82, 2.24) is 34.7 Å². The summed E-state index contributed by atoms with van der Waals surface area (Å²) >= 11 is 0. The maximum absolute atomic E-state index is 14.4. The lowest BCUT2D eigenvalue weighted by atomic mass is 9.85. The monoisotopic (exact) mass is 581 g/mol. The molecule has 0 spiro atoms. The first-order valence-electron chi connectivity index (χ1n) is 13.5. The highest BCUT2D eigenvalue weighted by Crippen LogP contribution is 2.34. The minimum atomic E-state index is -2.74. The van der Waals surface area contributed by atoms with Crippen LogP contribution in [0.25, 0.3) is 16.9 Å². The van der Waals surface area contributed by atoms with E-state index in [1.807, 2.05) is 6.07 Å². The van der Waals surface area contributed by atoms with E-state index in [9.17, 15) is 28.3 Å². The van der Waals surface area contributed by atoms with E-state index in [4.69, 9.17) is 0 Å². The number of amides is 1. The van der Waals surface area contributed by atoms with Gasteiger partial charge in [0.25, 0.3) is 5.91 Å². The van der Waals surface area contributed by atoms with Gasteiger partial charge in [-0.1, -0.05) is 0 Å². The van der Waals surface area contributed by atoms with Crippen LogP contribution in [0.3, 0.4) is 0 Å². The number of rotatable bonds is 9. The zero-order chi connectivity index (χ0) is 30.0. The fourth-order valence-electron chi connectivity index (χ4n) is 4.96. The number of nitrogens with one attached hydrogen (secondary N) is 2. The van der Waals surface area contributed by atoms with Crippen LogP contribution in [-0.2, 0) is 0 Å². The highest BCUT2D eigenvalue weighted by molar-refractivity contribution is 6.00. The number of hydrogen-bond donors (Lipinski definition) is 3. The molecule has 0 bridgehead atoms. The second-order valence-electron chi connectivity index (χ2n) is 10.9. The molecule has 0 aromatic carbocycles. The molecule has 220 valence electrons. The van der Waals surface area contributed by atoms with Gasteiger partial charge in [-0.15, -0.1) is 0 Å². The fraction of sp³-hybridized carbons (Fsp3) is 0.429. The summed E-state index contributed by atoms with van der Waals surface area (Å²) in [4.78, 5) is 21.7. The van der Waals surface area contributed by atoms with Crippen LogP contribution >= 0.6 is 0 Å². The van der Waals surface area contributed by atoms with E-state index in [-0.39, 0.29) is 24.1 Å². The van der Waals surface area contributed by atoms with E-state index in [0.717, 1.165) is 6.33 Å². The summed E-state index contributed by atoms with van der Waals surface area (Å²) in [6, 6.07) is 9.05. The SMILES string of the molecule is CC(C)(O)[C@H](F)CNC(=O)c1cnc(-c2ccc3cc(C#N)cnn23)cc1N[C@H]1CC[C@H](c2ncn(C(F)F)n2)CC1. The number of halogens is 3. The van der Waals surface area contributed by atoms with Gasteiger partial charge in [0.1, 0.15) is 18.6 Å². The van der Waals surface area contributed by atoms with Crippen molar-refractivity contribution in [3.8, 4) is 17.5 Å². The molecule has 4 aromatic rings. The average Bonchev–Trinajstić information content (AvgIpc) is 3.63. The molecule has 0 aliphatic heterocycles. The second-order valence-corrected chi connectivity index (χ2v) is 10.9. The maximum atomic E-state index is 14.4. The quantitative estimate of drug-likeness (QED) is 0.266. The molecule has 1 aliphatic carbocycles. The van der Waals surface area contributed by atoms with Crippen LogP contribution in [0.2, 0.25) is 0 Å². The second kappa shape index (κ2) is 11.8. The lowest BCUT2D eigenvalue weighted by molar-refractivity contribution is -0.00178. The highest BCUT2D eigenvalue weighted by Gasteiger charge is 2.29. The number of pyridine rings is 1. The molecule has 0 saturated heterocycles. The third kappa shape index (κ3) is 6.20. The van der Waals surface area contributed by atoms with Gasteiger partial charge >= 0.3 is 6.55 Å². The Morgan fingerprint density at radius 3 is 2.60 bits per heavy atom. The summed E-state index contributed by atoms with van der Waals surface area (Å²) in [7, 11) is 0. The number of aromatic nitrogens is 6. The minimum Gasteiger partial charge on any atom is -0.387 e. The summed E-state index contributed by atoms with van der Waals surface area (Å²) < 4.78 is 42.4. The number of anilines is 1. The molecule has 0 unspecified atom stereocenters. The fourth-order valence-corrected chi connectivity index (χ4v) is 4.96. The number of nitrogens with zero attached hydrogens (tertiary/aromatic N) is 7. The molecule has 4 aromatic heterocycles. The summed E-state index contributed by atoms with van der Waals surface area (Å²) in [5.74, 6) is -0.228. The van der Waals surface area contributed by atoms with E-state index in [2.05, 4.69) is 36.9 Å². The minimum absolute atomic E-state index is 0.0501. The van der Waals surface area contributed by atoms with Crippen LogP contribution in [0.5, 0.6) is 0 Å². The van der Waals surface area contributed by atoms with Gasteiger partial charge in [-0.3, -0.25) is 9.78 Å². The van der Waals surface area contributed by atoms with Gasteiger partial charge in [-0.05, 0) is 63.8 Å². The zero-order valence-electron chi connectivity index (χ0n) is 23.0. The molecule has 11 nitrogen and oxygen atoms in total. The Bertz CT molecular complexity index is 1610. The summed E-state index contributed by atoms with van der Waals surface area (Å²) in [5, 5.41) is 33.3. The molecular formula is C28H30F3N9O2. The molecule has 1 atom stereocenters. The first kappa shape index (κ1) is 29.0. The van der Waals surface area contributed by atoms with Crippen molar-refractivity contribution in [2.75, 3.05) is 11.9 Å². The van der Waals surface area contributed by atoms with Crippen molar-refractivity contribution < 1.29 is 23.1 Å². The molecule has 1 amide bonds. The Labute approximate surface area is 239 Å². The van der Waals surface area contributed by atoms with Crippen molar-refractivity contribution in [1.29, 1.82) is 5.26 Å². The van der Waals surface area contributed by atoms with Gasteiger partial charge in [0.15, 0.2) is 5.82 Å². The summed E-state index contributed by atoms with van der Waals surface area (Å²) in [5.41, 5.74) is 1.32. The molecule has 14 heteroatoms. The first-order chi connectivity index (χ1) is 20.0. The predicted molar refractivity (Wildman–Crippen MR) is 147 cm³/mol. The van der Waals surface area contributed by atoms with Crippen LogP contribution in [0.1, 0.15) is 73.7 Å². The van der Waals surface area contributed by atoms with E-state index < -0.39 is 24.2 Å². The molecule has 1 fully saturated rings. The number of fused-ring (bicyclic) bond motifs is 1. The van der Waals surface area contributed by atoms with E-state index in [0.29, 0.717) is 64.3 Å². The van der Waals surface area contributed by atoms with Gasteiger partial charge in [0.2, 0.25) is 0 Å². The Hall–Kier alpha value is -4.51. The lowest BCUT2D eigenvalue weighted by Gasteiger charge is -2.29. The van der Waals surface area contributed by atoms with Gasteiger partial charge in [0.05, 0.1) is 52.1 Å². The van der Waals surface area contributed by atoms with Crippen molar-refractivity contribution in [3.63, 3.8) is 0 Å². The Balaban J connectivity index is 1.38. The lowest BCUT2D eigenvalue weighted by Crippen LogP contribution is -2.42. The van der Waals surface area contributed by atoms with E-state index >= 15 is 0 Å². The Kier molecular flexibility index (Phi) is 8.13. The van der Waals surface area contributed by atoms with Crippen LogP contribution < -0.4 is 10.6 Å². The normalized spacial score (nSPS) is 18.1. The number of carbonyl (C=O) groups is 1. The van der Waals surface area contributed by atoms with Gasteiger partial charge in [-0.2, -0.15) is 28.9 Å². The molecule has 1 aliphatic rings. The summed E-state index contributed by atoms with van der Waals surface area (Å²) in [6.45, 7) is -0.479. The van der Waals surface area contributed by atoms with Crippen LogP contribution in [0.15, 0.2) is 43.0 Å². The van der Waals surface area contributed by atoms with Gasteiger partial charge in [-0.25, -0.2) is 13.9 Å². The van der Waals surface area contributed by atoms with E-state index in [1.54, 1.807) is 22.7 Å². The van der Waals surface area contributed by atoms with Gasteiger partial charge < -0.3 is 15.7 Å². The standard InChI is InChI=1S/C28H30F3N9O2/c1-28(2,42)24(29)14-34-26(41)20-13-33-22(23-8-7-19-9-16(11-32)12-36-40(19)23)10-21(20)37-18-5-3-17(4-6-18)25-35-15-39(38-25)27(30)31/h7-10,12-13,15,17-18,24,27,42H,3-6,14H2,1-2H3,(H,33,37)(H,34,41)/t17-,18-,24-/m1/s1. The maximum Gasteiger partial charge on any atom is 0.334 e. The summed E-state index contributed by atoms with van der Waals surface area (Å²) in [6.07, 6.45) is 4.87. The largest absolute Gasteiger partial charge is 0.387 e. The van der Waals surface area contributed by atoms with Crippen molar-refractivity contribution in [2.45, 2.75) is 69.8 Å². The van der Waals surface area contributed by atoms with Crippen LogP contribution in [0, 0.1) is 11.3 Å². The number of hydrogen-bond acceptors (Lipinski definition) is 8. The Morgan fingerprint density at radius 1 is 1.17 bits per heavy atom. The number of nitriles is 1. The number of aliphatic hydroxyl groups is 1. The predicted octanol–water partition coefficient (Wildman–Crippen LogP) is 4.23. The average molecular weight is 582 g/mol. The molecule has 5 rings (SSSR count). The third-order valence-electron chi connectivity index (χ3n) is 7.43. The van der Waals surface area contributed by atoms with Crippen molar-refractivity contribution in [2.24, 2.45) is 0 Å². The Morgan fingerprint density at radius 2 is 1.93 bits per heavy atom. The highest BCUT2D eigenvalue weighted by atomic mass is 19.3. The molecular weight excluding hydrogens is 551 g/mol. The molecule has 42 heavy (non-hydrogen) atoms. The van der Waals surface area contributed by atoms with Crippen molar-refractivity contribution in [3.05, 3.63) is 59.9 Å². The number of alkyl halides is 3. The van der Waals surface area contributed by atoms with Crippen LogP contribution in [-0.4, -0.2) is 64.7 Å². The zero-order valence-corrected chi connectivity index (χ0v) is 23.0. The molecule has 0 radical (unpaired) electrons. The molecule has 3 N–H and O–H groups in total. The first-order valence-corrected chi connectivity index (χ1v) is 13.5. The topological polar surface area (TPSA) is 146 Å². The molecule has 4 heterocycles. The van der Waals surface area contributed by atoms with Crippen molar-refractivity contribution >= 4 is 17.1 Å². The third-order valence-corrected chi connectivity index (χ3v) is 7.43. The van der Waals surface area contributed by atoms with Gasteiger partial charge in [0, 0.05) is 18.2 Å². The smallest absolute Gasteiger partial charge is 0.334 e.